The van der Waals surface area contributed by atoms with Crippen molar-refractivity contribution in [1.82, 2.24) is 4.98 Å². The predicted molar refractivity (Wildman–Crippen MR) is 121 cm³/mol. The first-order chi connectivity index (χ1) is 12.8. The molecule has 140 valence electrons. The maximum absolute atomic E-state index is 4.94. The minimum Gasteiger partial charge on any atom is -0.256 e. The maximum Gasteiger partial charge on any atom is 0.0799 e. The standard InChI is InChI=1S/C25H31NSi/c1-18(2)19(3)23-16-24(26-17-25(23)27(4,5)6)22-15-11-10-14-21(22)20-12-8-7-9-13-20/h7-19H,1-6H3. The highest BCUT2D eigenvalue weighted by Gasteiger charge is 2.25. The highest BCUT2D eigenvalue weighted by Crippen LogP contribution is 2.33. The Labute approximate surface area is 165 Å². The number of rotatable bonds is 5. The third kappa shape index (κ3) is 4.22. The second-order valence-electron chi connectivity index (χ2n) is 8.85. The van der Waals surface area contributed by atoms with Gasteiger partial charge in [-0.1, -0.05) is 95.0 Å². The molecule has 1 unspecified atom stereocenters. The van der Waals surface area contributed by atoms with Gasteiger partial charge in [-0.15, -0.1) is 0 Å². The van der Waals surface area contributed by atoms with Gasteiger partial charge >= 0.3 is 0 Å². The van der Waals surface area contributed by atoms with Crippen molar-refractivity contribution in [2.75, 3.05) is 0 Å². The summed E-state index contributed by atoms with van der Waals surface area (Å²) in [5.74, 6) is 1.14. The zero-order chi connectivity index (χ0) is 19.6. The fraction of sp³-hybridized carbons (Fsp3) is 0.320. The minimum atomic E-state index is -1.45. The summed E-state index contributed by atoms with van der Waals surface area (Å²) >= 11 is 0. The van der Waals surface area contributed by atoms with Gasteiger partial charge in [-0.25, -0.2) is 0 Å². The second kappa shape index (κ2) is 7.81. The van der Waals surface area contributed by atoms with Gasteiger partial charge in [0.25, 0.3) is 0 Å². The van der Waals surface area contributed by atoms with Crippen LogP contribution in [0.25, 0.3) is 22.4 Å². The van der Waals surface area contributed by atoms with Gasteiger partial charge in [-0.3, -0.25) is 4.98 Å². The fourth-order valence-electron chi connectivity index (χ4n) is 3.56. The van der Waals surface area contributed by atoms with Crippen LogP contribution in [0.3, 0.4) is 0 Å². The zero-order valence-corrected chi connectivity index (χ0v) is 18.5. The van der Waals surface area contributed by atoms with Crippen LogP contribution in [0.15, 0.2) is 66.9 Å². The van der Waals surface area contributed by atoms with E-state index < -0.39 is 8.07 Å². The van der Waals surface area contributed by atoms with Crippen LogP contribution in [0.5, 0.6) is 0 Å². The third-order valence-corrected chi connectivity index (χ3v) is 7.56. The molecule has 1 atom stereocenters. The molecule has 0 aliphatic heterocycles. The van der Waals surface area contributed by atoms with Crippen molar-refractivity contribution in [2.24, 2.45) is 5.92 Å². The van der Waals surface area contributed by atoms with Crippen molar-refractivity contribution < 1.29 is 0 Å². The molecule has 0 aliphatic carbocycles. The van der Waals surface area contributed by atoms with Crippen LogP contribution in [0, 0.1) is 5.92 Å². The summed E-state index contributed by atoms with van der Waals surface area (Å²) in [6.45, 7) is 14.2. The normalized spacial score (nSPS) is 13.0. The van der Waals surface area contributed by atoms with Crippen molar-refractivity contribution in [3.8, 4) is 22.4 Å². The number of nitrogens with zero attached hydrogens (tertiary/aromatic N) is 1. The lowest BCUT2D eigenvalue weighted by Gasteiger charge is -2.27. The quantitative estimate of drug-likeness (QED) is 0.452. The lowest BCUT2D eigenvalue weighted by molar-refractivity contribution is 0.537. The first-order valence-electron chi connectivity index (χ1n) is 9.94. The monoisotopic (exact) mass is 373 g/mol. The highest BCUT2D eigenvalue weighted by molar-refractivity contribution is 6.89. The molecule has 3 aromatic rings. The van der Waals surface area contributed by atoms with Gasteiger partial charge in [0.1, 0.15) is 0 Å². The van der Waals surface area contributed by atoms with Gasteiger partial charge in [-0.05, 0) is 39.8 Å². The smallest absolute Gasteiger partial charge is 0.0799 e. The highest BCUT2D eigenvalue weighted by atomic mass is 28.3. The second-order valence-corrected chi connectivity index (χ2v) is 13.9. The molecule has 0 aliphatic rings. The Kier molecular flexibility index (Phi) is 5.66. The first-order valence-corrected chi connectivity index (χ1v) is 13.4. The molecule has 2 aromatic carbocycles. The fourth-order valence-corrected chi connectivity index (χ4v) is 5.17. The van der Waals surface area contributed by atoms with Gasteiger partial charge in [-0.2, -0.15) is 0 Å². The van der Waals surface area contributed by atoms with E-state index in [4.69, 9.17) is 4.98 Å². The van der Waals surface area contributed by atoms with E-state index in [1.807, 2.05) is 0 Å². The van der Waals surface area contributed by atoms with E-state index in [0.29, 0.717) is 11.8 Å². The van der Waals surface area contributed by atoms with Crippen LogP contribution >= 0.6 is 0 Å². The molecule has 27 heavy (non-hydrogen) atoms. The Morgan fingerprint density at radius 3 is 1.96 bits per heavy atom. The van der Waals surface area contributed by atoms with Crippen molar-refractivity contribution >= 4 is 13.3 Å². The van der Waals surface area contributed by atoms with E-state index in [1.165, 1.54) is 27.4 Å². The molecule has 2 heteroatoms. The summed E-state index contributed by atoms with van der Waals surface area (Å²) in [7, 11) is -1.45. The Bertz CT molecular complexity index is 907. The van der Waals surface area contributed by atoms with Crippen molar-refractivity contribution in [3.63, 3.8) is 0 Å². The molecule has 0 radical (unpaired) electrons. The zero-order valence-electron chi connectivity index (χ0n) is 17.5. The van der Waals surface area contributed by atoms with E-state index in [0.717, 1.165) is 5.69 Å². The topological polar surface area (TPSA) is 12.9 Å². The van der Waals surface area contributed by atoms with Crippen LogP contribution < -0.4 is 5.19 Å². The molecule has 1 aromatic heterocycles. The molecule has 0 bridgehead atoms. The SMILES string of the molecule is CC(C)C(C)c1cc(-c2ccccc2-c2ccccc2)ncc1[Si](C)(C)C. The lowest BCUT2D eigenvalue weighted by atomic mass is 9.89. The number of benzene rings is 2. The summed E-state index contributed by atoms with van der Waals surface area (Å²) < 4.78 is 0. The summed E-state index contributed by atoms with van der Waals surface area (Å²) in [6.07, 6.45) is 2.16. The number of hydrogen-bond acceptors (Lipinski definition) is 1. The largest absolute Gasteiger partial charge is 0.256 e. The molecule has 1 nitrogen and oxygen atoms in total. The average Bonchev–Trinajstić information content (AvgIpc) is 2.67. The van der Waals surface area contributed by atoms with Gasteiger partial charge < -0.3 is 0 Å². The van der Waals surface area contributed by atoms with E-state index in [9.17, 15) is 0 Å². The van der Waals surface area contributed by atoms with E-state index in [1.54, 1.807) is 0 Å². The molecule has 0 saturated heterocycles. The molecule has 1 heterocycles. The maximum atomic E-state index is 4.94. The number of aromatic nitrogens is 1. The molecule has 0 spiro atoms. The Morgan fingerprint density at radius 1 is 0.778 bits per heavy atom. The van der Waals surface area contributed by atoms with E-state index in [2.05, 4.69) is 107 Å². The first kappa shape index (κ1) is 19.6. The summed E-state index contributed by atoms with van der Waals surface area (Å²) in [6, 6.07) is 21.6. The molecule has 0 fully saturated rings. The Hall–Kier alpha value is -2.19. The molecule has 0 saturated carbocycles. The van der Waals surface area contributed by atoms with Crippen molar-refractivity contribution in [3.05, 3.63) is 72.4 Å². The van der Waals surface area contributed by atoms with E-state index >= 15 is 0 Å². The predicted octanol–water partition coefficient (Wildman–Crippen LogP) is 6.72. The molecule has 0 N–H and O–H groups in total. The van der Waals surface area contributed by atoms with Gasteiger partial charge in [0, 0.05) is 11.8 Å². The van der Waals surface area contributed by atoms with Crippen LogP contribution in [0.2, 0.25) is 19.6 Å². The van der Waals surface area contributed by atoms with Gasteiger partial charge in [0.05, 0.1) is 13.8 Å². The van der Waals surface area contributed by atoms with Crippen LogP contribution in [0.4, 0.5) is 0 Å². The summed E-state index contributed by atoms with van der Waals surface area (Å²) in [4.78, 5) is 4.94. The molecular weight excluding hydrogens is 342 g/mol. The molecule has 0 amide bonds. The van der Waals surface area contributed by atoms with Crippen molar-refractivity contribution in [1.29, 1.82) is 0 Å². The van der Waals surface area contributed by atoms with E-state index in [-0.39, 0.29) is 0 Å². The van der Waals surface area contributed by atoms with Crippen molar-refractivity contribution in [2.45, 2.75) is 46.3 Å². The van der Waals surface area contributed by atoms with Crippen LogP contribution in [-0.2, 0) is 0 Å². The Morgan fingerprint density at radius 2 is 1.37 bits per heavy atom. The molecule has 3 rings (SSSR count). The average molecular weight is 374 g/mol. The van der Waals surface area contributed by atoms with Gasteiger partial charge in [0.15, 0.2) is 0 Å². The molecular formula is C25H31NSi. The lowest BCUT2D eigenvalue weighted by Crippen LogP contribution is -2.41. The number of hydrogen-bond donors (Lipinski definition) is 0. The third-order valence-electron chi connectivity index (χ3n) is 5.52. The number of pyridine rings is 1. The summed E-state index contributed by atoms with van der Waals surface area (Å²) in [5, 5.41) is 1.49. The van der Waals surface area contributed by atoms with Crippen LogP contribution in [-0.4, -0.2) is 13.1 Å². The van der Waals surface area contributed by atoms with Crippen LogP contribution in [0.1, 0.15) is 32.3 Å². The minimum absolute atomic E-state index is 0.525. The Balaban J connectivity index is 2.18. The summed E-state index contributed by atoms with van der Waals surface area (Å²) in [5.41, 5.74) is 6.26. The van der Waals surface area contributed by atoms with Gasteiger partial charge in [0.2, 0.25) is 0 Å².